The van der Waals surface area contributed by atoms with E-state index in [1.54, 1.807) is 6.07 Å². The second-order valence-corrected chi connectivity index (χ2v) is 5.30. The van der Waals surface area contributed by atoms with E-state index in [1.807, 2.05) is 13.8 Å². The molecule has 1 aliphatic rings. The Morgan fingerprint density at radius 3 is 3.10 bits per heavy atom. The molecule has 110 valence electrons. The number of aromatic nitrogens is 1. The van der Waals surface area contributed by atoms with Crippen molar-refractivity contribution in [3.8, 4) is 0 Å². The SMILES string of the molecule is CCNc1cc(C(=O)NC(C)C2CCCO2)c(Cl)cn1. The summed E-state index contributed by atoms with van der Waals surface area (Å²) in [4.78, 5) is 16.4. The summed E-state index contributed by atoms with van der Waals surface area (Å²) in [5.41, 5.74) is 0.433. The van der Waals surface area contributed by atoms with Gasteiger partial charge < -0.3 is 15.4 Å². The molecule has 20 heavy (non-hydrogen) atoms. The number of nitrogens with one attached hydrogen (secondary N) is 2. The van der Waals surface area contributed by atoms with E-state index in [4.69, 9.17) is 16.3 Å². The molecule has 0 saturated carbocycles. The molecule has 0 bridgehead atoms. The minimum Gasteiger partial charge on any atom is -0.376 e. The molecular weight excluding hydrogens is 278 g/mol. The lowest BCUT2D eigenvalue weighted by Gasteiger charge is -2.20. The van der Waals surface area contributed by atoms with E-state index in [-0.39, 0.29) is 18.1 Å². The summed E-state index contributed by atoms with van der Waals surface area (Å²) < 4.78 is 5.57. The number of hydrogen-bond donors (Lipinski definition) is 2. The van der Waals surface area contributed by atoms with Gasteiger partial charge in [-0.3, -0.25) is 4.79 Å². The van der Waals surface area contributed by atoms with Crippen molar-refractivity contribution in [3.63, 3.8) is 0 Å². The molecular formula is C14H20ClN3O2. The summed E-state index contributed by atoms with van der Waals surface area (Å²) in [6.07, 6.45) is 3.61. The predicted molar refractivity (Wildman–Crippen MR) is 79.3 cm³/mol. The van der Waals surface area contributed by atoms with Crippen molar-refractivity contribution in [2.45, 2.75) is 38.8 Å². The Morgan fingerprint density at radius 1 is 1.65 bits per heavy atom. The molecule has 1 fully saturated rings. The number of hydrogen-bond acceptors (Lipinski definition) is 4. The van der Waals surface area contributed by atoms with Crippen molar-refractivity contribution in [3.05, 3.63) is 22.8 Å². The van der Waals surface area contributed by atoms with Gasteiger partial charge in [-0.25, -0.2) is 4.98 Å². The molecule has 0 spiro atoms. The predicted octanol–water partition coefficient (Wildman–Crippen LogP) is 2.46. The normalized spacial score (nSPS) is 19.6. The van der Waals surface area contributed by atoms with Gasteiger partial charge in [-0.1, -0.05) is 11.6 Å². The molecule has 2 N–H and O–H groups in total. The maximum absolute atomic E-state index is 12.3. The van der Waals surface area contributed by atoms with Crippen LogP contribution < -0.4 is 10.6 Å². The number of halogens is 1. The van der Waals surface area contributed by atoms with Gasteiger partial charge in [-0.15, -0.1) is 0 Å². The highest BCUT2D eigenvalue weighted by Crippen LogP contribution is 2.20. The number of amides is 1. The van der Waals surface area contributed by atoms with Crippen LogP contribution in [0.25, 0.3) is 0 Å². The lowest BCUT2D eigenvalue weighted by atomic mass is 10.1. The first kappa shape index (κ1) is 15.1. The summed E-state index contributed by atoms with van der Waals surface area (Å²) in [6.45, 7) is 5.43. The first-order chi connectivity index (χ1) is 9.61. The summed E-state index contributed by atoms with van der Waals surface area (Å²) >= 11 is 6.05. The lowest BCUT2D eigenvalue weighted by Crippen LogP contribution is -2.41. The van der Waals surface area contributed by atoms with Crippen LogP contribution in [0.5, 0.6) is 0 Å². The lowest BCUT2D eigenvalue weighted by molar-refractivity contribution is 0.0712. The maximum atomic E-state index is 12.3. The van der Waals surface area contributed by atoms with E-state index in [1.165, 1.54) is 6.20 Å². The fraction of sp³-hybridized carbons (Fsp3) is 0.571. The van der Waals surface area contributed by atoms with Gasteiger partial charge in [0.05, 0.1) is 22.7 Å². The van der Waals surface area contributed by atoms with E-state index >= 15 is 0 Å². The molecule has 0 aromatic carbocycles. The van der Waals surface area contributed by atoms with Crippen LogP contribution >= 0.6 is 11.6 Å². The zero-order chi connectivity index (χ0) is 14.5. The molecule has 6 heteroatoms. The highest BCUT2D eigenvalue weighted by molar-refractivity contribution is 6.33. The first-order valence-electron chi connectivity index (χ1n) is 6.93. The Labute approximate surface area is 124 Å². The molecule has 2 unspecified atom stereocenters. The number of pyridine rings is 1. The van der Waals surface area contributed by atoms with Crippen LogP contribution in [0.2, 0.25) is 5.02 Å². The van der Waals surface area contributed by atoms with Crippen molar-refractivity contribution in [2.24, 2.45) is 0 Å². The molecule has 1 saturated heterocycles. The second kappa shape index (κ2) is 6.90. The Morgan fingerprint density at radius 2 is 2.45 bits per heavy atom. The molecule has 1 amide bonds. The standard InChI is InChI=1S/C14H20ClN3O2/c1-3-16-13-7-10(11(15)8-17-13)14(19)18-9(2)12-5-4-6-20-12/h7-9,12H,3-6H2,1-2H3,(H,16,17)(H,18,19). The number of rotatable bonds is 5. The summed E-state index contributed by atoms with van der Waals surface area (Å²) in [5, 5.41) is 6.36. The Balaban J connectivity index is 2.05. The third kappa shape index (κ3) is 3.61. The average molecular weight is 298 g/mol. The highest BCUT2D eigenvalue weighted by atomic mass is 35.5. The van der Waals surface area contributed by atoms with E-state index in [9.17, 15) is 4.79 Å². The van der Waals surface area contributed by atoms with Crippen LogP contribution in [0.1, 0.15) is 37.0 Å². The van der Waals surface area contributed by atoms with Gasteiger partial charge in [0, 0.05) is 19.3 Å². The third-order valence-electron chi connectivity index (χ3n) is 3.34. The molecule has 1 aliphatic heterocycles. The number of carbonyl (C=O) groups is 1. The topological polar surface area (TPSA) is 63.2 Å². The van der Waals surface area contributed by atoms with Gasteiger partial charge in [0.1, 0.15) is 5.82 Å². The number of carbonyl (C=O) groups excluding carboxylic acids is 1. The molecule has 2 atom stereocenters. The van der Waals surface area contributed by atoms with Crippen molar-refractivity contribution in [1.82, 2.24) is 10.3 Å². The highest BCUT2D eigenvalue weighted by Gasteiger charge is 2.24. The van der Waals surface area contributed by atoms with Crippen molar-refractivity contribution in [1.29, 1.82) is 0 Å². The Kier molecular flexibility index (Phi) is 5.20. The van der Waals surface area contributed by atoms with Crippen LogP contribution in [-0.2, 0) is 4.74 Å². The first-order valence-corrected chi connectivity index (χ1v) is 7.31. The molecule has 5 nitrogen and oxygen atoms in total. The van der Waals surface area contributed by atoms with E-state index in [0.29, 0.717) is 16.4 Å². The van der Waals surface area contributed by atoms with E-state index in [2.05, 4.69) is 15.6 Å². The van der Waals surface area contributed by atoms with Crippen LogP contribution in [0.4, 0.5) is 5.82 Å². The fourth-order valence-corrected chi connectivity index (χ4v) is 2.45. The van der Waals surface area contributed by atoms with Gasteiger partial charge in [0.25, 0.3) is 5.91 Å². The molecule has 0 radical (unpaired) electrons. The largest absolute Gasteiger partial charge is 0.376 e. The van der Waals surface area contributed by atoms with E-state index < -0.39 is 0 Å². The quantitative estimate of drug-likeness (QED) is 0.876. The molecule has 2 rings (SSSR count). The zero-order valence-electron chi connectivity index (χ0n) is 11.8. The maximum Gasteiger partial charge on any atom is 0.253 e. The van der Waals surface area contributed by atoms with Crippen LogP contribution in [0.3, 0.4) is 0 Å². The second-order valence-electron chi connectivity index (χ2n) is 4.89. The minimum absolute atomic E-state index is 0.0307. The molecule has 1 aromatic heterocycles. The third-order valence-corrected chi connectivity index (χ3v) is 3.64. The summed E-state index contributed by atoms with van der Waals surface area (Å²) in [5.74, 6) is 0.450. The van der Waals surface area contributed by atoms with E-state index in [0.717, 1.165) is 26.0 Å². The molecule has 2 heterocycles. The smallest absolute Gasteiger partial charge is 0.253 e. The monoisotopic (exact) mass is 297 g/mol. The Hall–Kier alpha value is -1.33. The van der Waals surface area contributed by atoms with Gasteiger partial charge in [-0.2, -0.15) is 0 Å². The van der Waals surface area contributed by atoms with Crippen molar-refractivity contribution < 1.29 is 9.53 Å². The van der Waals surface area contributed by atoms with Crippen LogP contribution in [0.15, 0.2) is 12.3 Å². The van der Waals surface area contributed by atoms with Gasteiger partial charge in [0.15, 0.2) is 0 Å². The minimum atomic E-state index is -0.195. The average Bonchev–Trinajstić information content (AvgIpc) is 2.95. The zero-order valence-corrected chi connectivity index (χ0v) is 12.5. The van der Waals surface area contributed by atoms with Crippen LogP contribution in [-0.4, -0.2) is 36.2 Å². The van der Waals surface area contributed by atoms with Crippen LogP contribution in [0, 0.1) is 0 Å². The van der Waals surface area contributed by atoms with Gasteiger partial charge >= 0.3 is 0 Å². The Bertz CT molecular complexity index is 475. The number of ether oxygens (including phenoxy) is 1. The molecule has 0 aliphatic carbocycles. The molecule has 1 aromatic rings. The van der Waals surface area contributed by atoms with Gasteiger partial charge in [0.2, 0.25) is 0 Å². The fourth-order valence-electron chi connectivity index (χ4n) is 2.26. The number of anilines is 1. The number of nitrogens with zero attached hydrogens (tertiary/aromatic N) is 1. The summed E-state index contributed by atoms with van der Waals surface area (Å²) in [7, 11) is 0. The summed E-state index contributed by atoms with van der Waals surface area (Å²) in [6, 6.07) is 1.64. The van der Waals surface area contributed by atoms with Crippen molar-refractivity contribution in [2.75, 3.05) is 18.5 Å². The van der Waals surface area contributed by atoms with Gasteiger partial charge in [-0.05, 0) is 32.8 Å². The van der Waals surface area contributed by atoms with Crippen molar-refractivity contribution >= 4 is 23.3 Å².